The van der Waals surface area contributed by atoms with E-state index in [1.807, 2.05) is 28.8 Å². The van der Waals surface area contributed by atoms with E-state index in [0.29, 0.717) is 40.8 Å². The van der Waals surface area contributed by atoms with Crippen molar-refractivity contribution in [1.29, 1.82) is 0 Å². The van der Waals surface area contributed by atoms with Crippen LogP contribution in [0, 0.1) is 5.82 Å². The third-order valence-electron chi connectivity index (χ3n) is 5.31. The number of carbonyl (C=O) groups excluding carboxylic acids is 1. The number of aromatic nitrogens is 4. The normalized spacial score (nSPS) is 10.7. The summed E-state index contributed by atoms with van der Waals surface area (Å²) >= 11 is 0. The molecule has 0 bridgehead atoms. The SMILES string of the molecule is COc1ccc(NC(=O)Nc2ccc(Cn3cnc(-c4nc(-c5ccc(F)cc5)no4)c3)cc2)cc1. The Labute approximate surface area is 205 Å². The first-order valence-electron chi connectivity index (χ1n) is 11.0. The van der Waals surface area contributed by atoms with E-state index in [2.05, 4.69) is 25.8 Å². The highest BCUT2D eigenvalue weighted by molar-refractivity contribution is 5.99. The van der Waals surface area contributed by atoms with Gasteiger partial charge < -0.3 is 24.5 Å². The van der Waals surface area contributed by atoms with Crippen LogP contribution < -0.4 is 15.4 Å². The van der Waals surface area contributed by atoms with Gasteiger partial charge in [-0.3, -0.25) is 0 Å². The lowest BCUT2D eigenvalue weighted by Gasteiger charge is -2.09. The minimum Gasteiger partial charge on any atom is -0.497 e. The van der Waals surface area contributed by atoms with Crippen molar-refractivity contribution in [2.75, 3.05) is 17.7 Å². The second-order valence-electron chi connectivity index (χ2n) is 7.87. The Bertz CT molecular complexity index is 1460. The molecule has 0 aliphatic carbocycles. The summed E-state index contributed by atoms with van der Waals surface area (Å²) in [6.07, 6.45) is 3.47. The fraction of sp³-hybridized carbons (Fsp3) is 0.0769. The Morgan fingerprint density at radius 2 is 1.64 bits per heavy atom. The van der Waals surface area contributed by atoms with Gasteiger partial charge in [-0.05, 0) is 66.2 Å². The first-order valence-corrected chi connectivity index (χ1v) is 11.0. The maximum atomic E-state index is 13.1. The molecule has 0 fully saturated rings. The first-order chi connectivity index (χ1) is 17.6. The molecule has 2 amide bonds. The van der Waals surface area contributed by atoms with Crippen molar-refractivity contribution in [2.45, 2.75) is 6.54 Å². The Morgan fingerprint density at radius 1 is 0.972 bits per heavy atom. The van der Waals surface area contributed by atoms with Gasteiger partial charge in [0.1, 0.15) is 17.3 Å². The van der Waals surface area contributed by atoms with Crippen molar-refractivity contribution < 1.29 is 18.4 Å². The summed E-state index contributed by atoms with van der Waals surface area (Å²) in [6, 6.07) is 20.1. The Hall–Kier alpha value is -4.99. The molecule has 0 aliphatic heterocycles. The summed E-state index contributed by atoms with van der Waals surface area (Å²) in [5.74, 6) is 1.02. The highest BCUT2D eigenvalue weighted by Gasteiger charge is 2.13. The maximum Gasteiger partial charge on any atom is 0.323 e. The molecule has 180 valence electrons. The van der Waals surface area contributed by atoms with Gasteiger partial charge in [0.05, 0.1) is 13.4 Å². The number of methoxy groups -OCH3 is 1. The third kappa shape index (κ3) is 5.39. The molecule has 10 heteroatoms. The van der Waals surface area contributed by atoms with Crippen molar-refractivity contribution in [3.05, 3.63) is 96.7 Å². The van der Waals surface area contributed by atoms with Crippen molar-refractivity contribution in [3.8, 4) is 28.7 Å². The minimum absolute atomic E-state index is 0.274. The summed E-state index contributed by atoms with van der Waals surface area (Å²) in [5, 5.41) is 9.53. The van der Waals surface area contributed by atoms with Crippen LogP contribution in [0.3, 0.4) is 0 Å². The van der Waals surface area contributed by atoms with Gasteiger partial charge >= 0.3 is 6.03 Å². The number of amides is 2. The number of ether oxygens (including phenoxy) is 1. The van der Waals surface area contributed by atoms with Crippen molar-refractivity contribution >= 4 is 17.4 Å². The molecule has 36 heavy (non-hydrogen) atoms. The van der Waals surface area contributed by atoms with Gasteiger partial charge in [0.2, 0.25) is 5.82 Å². The number of hydrogen-bond donors (Lipinski definition) is 2. The van der Waals surface area contributed by atoms with Gasteiger partial charge in [0.15, 0.2) is 0 Å². The fourth-order valence-corrected chi connectivity index (χ4v) is 3.47. The highest BCUT2D eigenvalue weighted by atomic mass is 19.1. The van der Waals surface area contributed by atoms with Crippen LogP contribution in [0.4, 0.5) is 20.6 Å². The number of rotatable bonds is 7. The number of urea groups is 1. The van der Waals surface area contributed by atoms with Gasteiger partial charge in [-0.2, -0.15) is 4.98 Å². The van der Waals surface area contributed by atoms with E-state index in [-0.39, 0.29) is 17.7 Å². The van der Waals surface area contributed by atoms with Crippen LogP contribution in [-0.2, 0) is 6.54 Å². The number of nitrogens with zero attached hydrogens (tertiary/aromatic N) is 4. The van der Waals surface area contributed by atoms with Gasteiger partial charge in [0.25, 0.3) is 5.89 Å². The number of anilines is 2. The molecule has 2 heterocycles. The Morgan fingerprint density at radius 3 is 2.31 bits per heavy atom. The van der Waals surface area contributed by atoms with E-state index >= 15 is 0 Å². The zero-order valence-corrected chi connectivity index (χ0v) is 19.2. The average Bonchev–Trinajstić information content (AvgIpc) is 3.56. The smallest absolute Gasteiger partial charge is 0.323 e. The lowest BCUT2D eigenvalue weighted by molar-refractivity contribution is 0.262. The largest absolute Gasteiger partial charge is 0.497 e. The molecule has 0 spiro atoms. The average molecular weight is 484 g/mol. The second-order valence-corrected chi connectivity index (χ2v) is 7.87. The highest BCUT2D eigenvalue weighted by Crippen LogP contribution is 2.22. The Balaban J connectivity index is 1.18. The molecular weight excluding hydrogens is 463 g/mol. The maximum absolute atomic E-state index is 13.1. The quantitative estimate of drug-likeness (QED) is 0.319. The fourth-order valence-electron chi connectivity index (χ4n) is 3.47. The summed E-state index contributed by atoms with van der Waals surface area (Å²) in [5.41, 5.74) is 3.52. The molecular formula is C26H21FN6O3. The molecule has 3 aromatic carbocycles. The molecule has 0 atom stereocenters. The molecule has 2 aromatic heterocycles. The predicted octanol–water partition coefficient (Wildman–Crippen LogP) is 5.44. The molecule has 9 nitrogen and oxygen atoms in total. The number of halogens is 1. The van der Waals surface area contributed by atoms with Crippen LogP contribution in [0.2, 0.25) is 0 Å². The van der Waals surface area contributed by atoms with E-state index < -0.39 is 0 Å². The Kier molecular flexibility index (Phi) is 6.39. The molecule has 0 unspecified atom stereocenters. The van der Waals surface area contributed by atoms with Gasteiger partial charge in [-0.25, -0.2) is 14.2 Å². The van der Waals surface area contributed by atoms with E-state index in [1.54, 1.807) is 56.0 Å². The first kappa shape index (κ1) is 22.8. The van der Waals surface area contributed by atoms with E-state index in [9.17, 15) is 9.18 Å². The number of benzene rings is 3. The van der Waals surface area contributed by atoms with Crippen LogP contribution in [0.1, 0.15) is 5.56 Å². The summed E-state index contributed by atoms with van der Waals surface area (Å²) in [4.78, 5) is 20.9. The number of imidazole rings is 1. The molecule has 0 saturated heterocycles. The molecule has 0 aliphatic rings. The molecule has 2 N–H and O–H groups in total. The number of nitrogens with one attached hydrogen (secondary N) is 2. The summed E-state index contributed by atoms with van der Waals surface area (Å²) < 4.78 is 25.5. The van der Waals surface area contributed by atoms with Crippen LogP contribution in [0.5, 0.6) is 5.75 Å². The number of carbonyl (C=O) groups is 1. The topological polar surface area (TPSA) is 107 Å². The molecule has 0 radical (unpaired) electrons. The van der Waals surface area contributed by atoms with Crippen LogP contribution in [-0.4, -0.2) is 32.8 Å². The van der Waals surface area contributed by atoms with Gasteiger partial charge in [-0.15, -0.1) is 0 Å². The van der Waals surface area contributed by atoms with E-state index in [1.165, 1.54) is 12.1 Å². The zero-order valence-electron chi connectivity index (χ0n) is 19.2. The summed E-state index contributed by atoms with van der Waals surface area (Å²) in [6.45, 7) is 0.560. The molecule has 0 saturated carbocycles. The monoisotopic (exact) mass is 484 g/mol. The zero-order chi connectivity index (χ0) is 24.9. The second kappa shape index (κ2) is 10.1. The number of hydrogen-bond acceptors (Lipinski definition) is 6. The van der Waals surface area contributed by atoms with E-state index in [0.717, 1.165) is 5.56 Å². The van der Waals surface area contributed by atoms with Crippen molar-refractivity contribution in [1.82, 2.24) is 19.7 Å². The standard InChI is InChI=1S/C26H21FN6O3/c1-35-22-12-10-21(11-13-22)30-26(34)29-20-8-2-17(3-9-20)14-33-15-23(28-16-33)25-31-24(32-36-25)18-4-6-19(27)7-5-18/h2-13,15-16H,14H2,1H3,(H2,29,30,34). The van der Waals surface area contributed by atoms with Gasteiger partial charge in [0, 0.05) is 29.7 Å². The van der Waals surface area contributed by atoms with E-state index in [4.69, 9.17) is 9.26 Å². The van der Waals surface area contributed by atoms with Crippen LogP contribution >= 0.6 is 0 Å². The lowest BCUT2D eigenvalue weighted by atomic mass is 10.2. The summed E-state index contributed by atoms with van der Waals surface area (Å²) in [7, 11) is 1.59. The van der Waals surface area contributed by atoms with Crippen molar-refractivity contribution in [3.63, 3.8) is 0 Å². The van der Waals surface area contributed by atoms with Crippen molar-refractivity contribution in [2.24, 2.45) is 0 Å². The third-order valence-corrected chi connectivity index (χ3v) is 5.31. The van der Waals surface area contributed by atoms with Crippen LogP contribution in [0.15, 0.2) is 89.8 Å². The minimum atomic E-state index is -0.341. The molecule has 5 aromatic rings. The molecule has 5 rings (SSSR count). The van der Waals surface area contributed by atoms with Gasteiger partial charge in [-0.1, -0.05) is 17.3 Å². The predicted molar refractivity (Wildman–Crippen MR) is 132 cm³/mol. The van der Waals surface area contributed by atoms with Crippen LogP contribution in [0.25, 0.3) is 23.0 Å². The lowest BCUT2D eigenvalue weighted by Crippen LogP contribution is -2.19.